The second-order valence-corrected chi connectivity index (χ2v) is 6.58. The Bertz CT molecular complexity index is 835. The zero-order valence-corrected chi connectivity index (χ0v) is 13.1. The average Bonchev–Trinajstić information content (AvgIpc) is 2.86. The van der Waals surface area contributed by atoms with E-state index in [1.807, 2.05) is 13.0 Å². The molecule has 0 aliphatic rings. The first-order valence-corrected chi connectivity index (χ1v) is 8.24. The topological polar surface area (TPSA) is 74.9 Å². The van der Waals surface area contributed by atoms with Gasteiger partial charge in [-0.25, -0.2) is 17.5 Å². The van der Waals surface area contributed by atoms with Crippen LogP contribution in [0.1, 0.15) is 19.0 Å². The Morgan fingerprint density at radius 2 is 2.05 bits per heavy atom. The number of rotatable bonds is 5. The van der Waals surface area contributed by atoms with E-state index in [1.165, 1.54) is 12.1 Å². The van der Waals surface area contributed by atoms with Gasteiger partial charge in [0, 0.05) is 19.2 Å². The van der Waals surface area contributed by atoms with Gasteiger partial charge in [-0.05, 0) is 36.8 Å². The highest BCUT2D eigenvalue weighted by atomic mass is 32.2. The van der Waals surface area contributed by atoms with E-state index in [2.05, 4.69) is 4.72 Å². The average molecular weight is 321 g/mol. The van der Waals surface area contributed by atoms with Crippen LogP contribution in [0.5, 0.6) is 0 Å². The van der Waals surface area contributed by atoms with Crippen LogP contribution in [-0.4, -0.2) is 19.5 Å². The maximum atomic E-state index is 14.3. The molecule has 0 aliphatic carbocycles. The van der Waals surface area contributed by atoms with Crippen LogP contribution in [0.3, 0.4) is 0 Å². The second kappa shape index (κ2) is 6.30. The lowest BCUT2D eigenvalue weighted by atomic mass is 10.1. The van der Waals surface area contributed by atoms with Crippen LogP contribution in [0.4, 0.5) is 4.39 Å². The van der Waals surface area contributed by atoms with Crippen LogP contribution in [0, 0.1) is 17.1 Å². The summed E-state index contributed by atoms with van der Waals surface area (Å²) < 4.78 is 42.2. The molecule has 1 heterocycles. The van der Waals surface area contributed by atoms with Crippen molar-refractivity contribution in [2.45, 2.75) is 18.2 Å². The third-order valence-corrected chi connectivity index (χ3v) is 4.76. The van der Waals surface area contributed by atoms with Gasteiger partial charge in [0.2, 0.25) is 10.0 Å². The summed E-state index contributed by atoms with van der Waals surface area (Å²) in [4.78, 5) is -0.114. The van der Waals surface area contributed by atoms with E-state index >= 15 is 0 Å². The summed E-state index contributed by atoms with van der Waals surface area (Å²) in [7, 11) is -2.05. The molecule has 116 valence electrons. The van der Waals surface area contributed by atoms with Gasteiger partial charge in [0.05, 0.1) is 10.6 Å². The highest BCUT2D eigenvalue weighted by Crippen LogP contribution is 2.26. The van der Waals surface area contributed by atoms with Gasteiger partial charge >= 0.3 is 0 Å². The molecule has 2 aromatic rings. The lowest BCUT2D eigenvalue weighted by Gasteiger charge is -2.09. The molecule has 5 nitrogen and oxygen atoms in total. The molecule has 0 amide bonds. The molecule has 1 aromatic heterocycles. The predicted molar refractivity (Wildman–Crippen MR) is 81.0 cm³/mol. The number of aromatic nitrogens is 1. The van der Waals surface area contributed by atoms with E-state index in [1.54, 1.807) is 23.7 Å². The number of halogens is 1. The van der Waals surface area contributed by atoms with Crippen molar-refractivity contribution in [2.75, 3.05) is 6.54 Å². The first-order valence-electron chi connectivity index (χ1n) is 6.76. The highest BCUT2D eigenvalue weighted by Gasteiger charge is 2.17. The minimum absolute atomic E-state index is 0.114. The summed E-state index contributed by atoms with van der Waals surface area (Å²) in [5.41, 5.74) is 1.16. The van der Waals surface area contributed by atoms with Crippen LogP contribution in [0.15, 0.2) is 35.2 Å². The minimum atomic E-state index is -3.70. The Kier molecular flexibility index (Phi) is 4.64. The molecule has 1 aromatic carbocycles. The Hall–Kier alpha value is -2.17. The standard InChI is InChI=1S/C15H16FN3O2S/c1-3-8-18-22(20,21)12-5-6-13(14(16)9-12)15-7-4-11(10-17)19(15)2/h4-7,9,18H,3,8H2,1-2H3. The fourth-order valence-electron chi connectivity index (χ4n) is 2.08. The fourth-order valence-corrected chi connectivity index (χ4v) is 3.23. The molecule has 0 fully saturated rings. The number of sulfonamides is 1. The van der Waals surface area contributed by atoms with E-state index in [9.17, 15) is 12.8 Å². The number of nitrogens with one attached hydrogen (secondary N) is 1. The third kappa shape index (κ3) is 3.03. The second-order valence-electron chi connectivity index (χ2n) is 4.81. The van der Waals surface area contributed by atoms with Crippen molar-refractivity contribution in [1.29, 1.82) is 5.26 Å². The predicted octanol–water partition coefficient (Wildman–Crippen LogP) is 2.39. The largest absolute Gasteiger partial charge is 0.335 e. The molecule has 0 aliphatic heterocycles. The first kappa shape index (κ1) is 16.2. The van der Waals surface area contributed by atoms with Crippen LogP contribution in [0.2, 0.25) is 0 Å². The normalized spacial score (nSPS) is 11.4. The summed E-state index contributed by atoms with van der Waals surface area (Å²) in [6.45, 7) is 2.14. The molecule has 0 spiro atoms. The number of hydrogen-bond acceptors (Lipinski definition) is 3. The van der Waals surface area contributed by atoms with Crippen molar-refractivity contribution in [2.24, 2.45) is 7.05 Å². The van der Waals surface area contributed by atoms with E-state index in [0.29, 0.717) is 24.4 Å². The van der Waals surface area contributed by atoms with Gasteiger partial charge in [-0.2, -0.15) is 5.26 Å². The maximum Gasteiger partial charge on any atom is 0.240 e. The smallest absolute Gasteiger partial charge is 0.240 e. The van der Waals surface area contributed by atoms with Gasteiger partial charge in [0.15, 0.2) is 0 Å². The molecule has 7 heteroatoms. The summed E-state index contributed by atoms with van der Waals surface area (Å²) in [5, 5.41) is 8.93. The molecule has 0 saturated heterocycles. The van der Waals surface area contributed by atoms with Gasteiger partial charge in [-0.3, -0.25) is 0 Å². The lowest BCUT2D eigenvalue weighted by molar-refractivity contribution is 0.577. The fraction of sp³-hybridized carbons (Fsp3) is 0.267. The van der Waals surface area contributed by atoms with Crippen molar-refractivity contribution >= 4 is 10.0 Å². The SMILES string of the molecule is CCCNS(=O)(=O)c1ccc(-c2ccc(C#N)n2C)c(F)c1. The summed E-state index contributed by atoms with van der Waals surface area (Å²) in [5.74, 6) is -0.648. The van der Waals surface area contributed by atoms with E-state index in [-0.39, 0.29) is 10.5 Å². The van der Waals surface area contributed by atoms with Crippen molar-refractivity contribution in [3.8, 4) is 17.3 Å². The van der Waals surface area contributed by atoms with Crippen molar-refractivity contribution in [3.63, 3.8) is 0 Å². The van der Waals surface area contributed by atoms with Crippen molar-refractivity contribution in [3.05, 3.63) is 41.8 Å². The molecule has 22 heavy (non-hydrogen) atoms. The van der Waals surface area contributed by atoms with E-state index < -0.39 is 15.8 Å². The monoisotopic (exact) mass is 321 g/mol. The first-order chi connectivity index (χ1) is 10.4. The minimum Gasteiger partial charge on any atom is -0.335 e. The van der Waals surface area contributed by atoms with Gasteiger partial charge in [-0.1, -0.05) is 6.92 Å². The molecular formula is C15H16FN3O2S. The van der Waals surface area contributed by atoms with Crippen molar-refractivity contribution in [1.82, 2.24) is 9.29 Å². The highest BCUT2D eigenvalue weighted by molar-refractivity contribution is 7.89. The Morgan fingerprint density at radius 1 is 1.32 bits per heavy atom. The Balaban J connectivity index is 2.43. The maximum absolute atomic E-state index is 14.3. The summed E-state index contributed by atoms with van der Waals surface area (Å²) in [6.07, 6.45) is 0.653. The zero-order chi connectivity index (χ0) is 16.3. The third-order valence-electron chi connectivity index (χ3n) is 3.31. The number of nitrogens with zero attached hydrogens (tertiary/aromatic N) is 2. The summed E-state index contributed by atoms with van der Waals surface area (Å²) in [6, 6.07) is 8.97. The molecule has 0 atom stereocenters. The summed E-state index contributed by atoms with van der Waals surface area (Å²) >= 11 is 0. The van der Waals surface area contributed by atoms with Crippen LogP contribution in [0.25, 0.3) is 11.3 Å². The number of hydrogen-bond donors (Lipinski definition) is 1. The zero-order valence-electron chi connectivity index (χ0n) is 12.3. The molecule has 1 N–H and O–H groups in total. The lowest BCUT2D eigenvalue weighted by Crippen LogP contribution is -2.24. The number of nitriles is 1. The van der Waals surface area contributed by atoms with Gasteiger partial charge < -0.3 is 4.57 Å². The number of benzene rings is 1. The molecule has 0 bridgehead atoms. The molecule has 0 radical (unpaired) electrons. The van der Waals surface area contributed by atoms with Crippen LogP contribution < -0.4 is 4.72 Å². The quantitative estimate of drug-likeness (QED) is 0.919. The Labute approximate surface area is 129 Å². The Morgan fingerprint density at radius 3 is 2.59 bits per heavy atom. The molecular weight excluding hydrogens is 305 g/mol. The van der Waals surface area contributed by atoms with Crippen LogP contribution >= 0.6 is 0 Å². The molecule has 2 rings (SSSR count). The van der Waals surface area contributed by atoms with Gasteiger partial charge in [0.25, 0.3) is 0 Å². The van der Waals surface area contributed by atoms with Crippen molar-refractivity contribution < 1.29 is 12.8 Å². The molecule has 0 unspecified atom stereocenters. The van der Waals surface area contributed by atoms with Crippen LogP contribution in [-0.2, 0) is 17.1 Å². The van der Waals surface area contributed by atoms with Gasteiger partial charge in [0.1, 0.15) is 17.6 Å². The van der Waals surface area contributed by atoms with E-state index in [4.69, 9.17) is 5.26 Å². The molecule has 0 saturated carbocycles. The van der Waals surface area contributed by atoms with Gasteiger partial charge in [-0.15, -0.1) is 0 Å². The van der Waals surface area contributed by atoms with E-state index in [0.717, 1.165) is 6.07 Å².